The second-order valence-electron chi connectivity index (χ2n) is 7.21. The van der Waals surface area contributed by atoms with Gasteiger partial charge in [0.2, 0.25) is 0 Å². The van der Waals surface area contributed by atoms with Gasteiger partial charge in [-0.15, -0.1) is 0 Å². The SMILES string of the molecule is CCOC(=O)C=C1C[C@@H]2CC(c3ccnc4ccc(F)cc34)C[C@@H]2C1. The highest BCUT2D eigenvalue weighted by Gasteiger charge is 2.40. The van der Waals surface area contributed by atoms with E-state index in [0.29, 0.717) is 24.4 Å². The third-order valence-electron chi connectivity index (χ3n) is 5.68. The van der Waals surface area contributed by atoms with Gasteiger partial charge >= 0.3 is 5.97 Å². The molecule has 4 rings (SSSR count). The summed E-state index contributed by atoms with van der Waals surface area (Å²) in [5, 5.41) is 0.940. The minimum Gasteiger partial charge on any atom is -0.463 e. The molecule has 2 fully saturated rings. The average Bonchev–Trinajstić information content (AvgIpc) is 3.12. The van der Waals surface area contributed by atoms with E-state index in [9.17, 15) is 9.18 Å². The Morgan fingerprint density at radius 3 is 2.76 bits per heavy atom. The smallest absolute Gasteiger partial charge is 0.330 e. The third kappa shape index (κ3) is 3.17. The van der Waals surface area contributed by atoms with Gasteiger partial charge in [-0.2, -0.15) is 0 Å². The Morgan fingerprint density at radius 1 is 1.28 bits per heavy atom. The number of ether oxygens (including phenoxy) is 1. The Balaban J connectivity index is 1.52. The molecule has 2 aliphatic carbocycles. The van der Waals surface area contributed by atoms with E-state index < -0.39 is 0 Å². The van der Waals surface area contributed by atoms with Crippen molar-refractivity contribution in [3.8, 4) is 0 Å². The lowest BCUT2D eigenvalue weighted by Crippen LogP contribution is -2.01. The number of benzene rings is 1. The summed E-state index contributed by atoms with van der Waals surface area (Å²) in [5.74, 6) is 1.25. The number of nitrogens with zero attached hydrogens (tertiary/aromatic N) is 1. The molecule has 0 aliphatic heterocycles. The number of aromatic nitrogens is 1. The number of hydrogen-bond donors (Lipinski definition) is 0. The molecule has 1 unspecified atom stereocenters. The summed E-state index contributed by atoms with van der Waals surface area (Å²) in [6.07, 6.45) is 7.68. The lowest BCUT2D eigenvalue weighted by Gasteiger charge is -2.14. The summed E-state index contributed by atoms with van der Waals surface area (Å²) in [7, 11) is 0. The Morgan fingerprint density at radius 2 is 2.04 bits per heavy atom. The van der Waals surface area contributed by atoms with Crippen molar-refractivity contribution in [1.29, 1.82) is 0 Å². The van der Waals surface area contributed by atoms with E-state index in [2.05, 4.69) is 4.98 Å². The van der Waals surface area contributed by atoms with Crippen molar-refractivity contribution in [2.45, 2.75) is 38.5 Å². The fourth-order valence-electron chi connectivity index (χ4n) is 4.69. The van der Waals surface area contributed by atoms with Gasteiger partial charge in [0.1, 0.15) is 5.82 Å². The van der Waals surface area contributed by atoms with Gasteiger partial charge in [0.05, 0.1) is 12.1 Å². The molecule has 2 saturated carbocycles. The second-order valence-corrected chi connectivity index (χ2v) is 7.21. The predicted molar refractivity (Wildman–Crippen MR) is 94.6 cm³/mol. The van der Waals surface area contributed by atoms with Gasteiger partial charge in [0, 0.05) is 17.7 Å². The lowest BCUT2D eigenvalue weighted by atomic mass is 9.91. The van der Waals surface area contributed by atoms with E-state index >= 15 is 0 Å². The molecule has 0 bridgehead atoms. The van der Waals surface area contributed by atoms with Crippen molar-refractivity contribution in [3.63, 3.8) is 0 Å². The molecule has 2 aliphatic rings. The number of rotatable bonds is 3. The van der Waals surface area contributed by atoms with E-state index in [4.69, 9.17) is 4.74 Å². The van der Waals surface area contributed by atoms with Crippen LogP contribution in [0.4, 0.5) is 4.39 Å². The molecule has 2 aromatic rings. The molecule has 0 saturated heterocycles. The van der Waals surface area contributed by atoms with Crippen LogP contribution >= 0.6 is 0 Å². The normalized spacial score (nSPS) is 27.0. The zero-order chi connectivity index (χ0) is 17.4. The van der Waals surface area contributed by atoms with Gasteiger partial charge in [0.25, 0.3) is 0 Å². The van der Waals surface area contributed by atoms with Crippen LogP contribution < -0.4 is 0 Å². The Hall–Kier alpha value is -2.23. The van der Waals surface area contributed by atoms with Gasteiger partial charge in [0.15, 0.2) is 0 Å². The largest absolute Gasteiger partial charge is 0.463 e. The summed E-state index contributed by atoms with van der Waals surface area (Å²) >= 11 is 0. The number of carbonyl (C=O) groups excluding carboxylic acids is 1. The maximum absolute atomic E-state index is 13.7. The molecule has 1 heterocycles. The minimum absolute atomic E-state index is 0.209. The van der Waals surface area contributed by atoms with Gasteiger partial charge in [-0.25, -0.2) is 9.18 Å². The van der Waals surface area contributed by atoms with Gasteiger partial charge in [-0.3, -0.25) is 4.98 Å². The number of hydrogen-bond acceptors (Lipinski definition) is 3. The standard InChI is InChI=1S/C21H22FNO2/c1-2-25-21(24)9-13-7-14-10-16(11-15(14)8-13)18-5-6-23-20-4-3-17(22)12-19(18)20/h3-6,9,12,14-16H,2,7-8,10-11H2,1H3/t14-,15+,16?. The second kappa shape index (κ2) is 6.58. The van der Waals surface area contributed by atoms with Crippen molar-refractivity contribution in [2.75, 3.05) is 6.61 Å². The van der Waals surface area contributed by atoms with Crippen LogP contribution in [0.3, 0.4) is 0 Å². The molecule has 3 nitrogen and oxygen atoms in total. The number of allylic oxidation sites excluding steroid dienone is 1. The molecule has 0 N–H and O–H groups in total. The van der Waals surface area contributed by atoms with Crippen LogP contribution in [0.2, 0.25) is 0 Å². The first kappa shape index (κ1) is 16.2. The zero-order valence-corrected chi connectivity index (χ0v) is 14.4. The highest BCUT2D eigenvalue weighted by atomic mass is 19.1. The van der Waals surface area contributed by atoms with Crippen molar-refractivity contribution < 1.29 is 13.9 Å². The summed E-state index contributed by atoms with van der Waals surface area (Å²) < 4.78 is 18.7. The number of carbonyl (C=O) groups is 1. The Labute approximate surface area is 146 Å². The van der Waals surface area contributed by atoms with E-state index in [-0.39, 0.29) is 11.8 Å². The first-order valence-electron chi connectivity index (χ1n) is 9.04. The van der Waals surface area contributed by atoms with E-state index in [1.165, 1.54) is 17.2 Å². The highest BCUT2D eigenvalue weighted by molar-refractivity contribution is 5.83. The Kier molecular flexibility index (Phi) is 4.28. The summed E-state index contributed by atoms with van der Waals surface area (Å²) in [5.41, 5.74) is 3.30. The van der Waals surface area contributed by atoms with Crippen LogP contribution in [0.25, 0.3) is 10.9 Å². The van der Waals surface area contributed by atoms with E-state index in [0.717, 1.165) is 36.6 Å². The molecule has 25 heavy (non-hydrogen) atoms. The van der Waals surface area contributed by atoms with Crippen LogP contribution in [-0.4, -0.2) is 17.6 Å². The predicted octanol–water partition coefficient (Wildman–Crippen LogP) is 4.77. The monoisotopic (exact) mass is 339 g/mol. The van der Waals surface area contributed by atoms with E-state index in [1.54, 1.807) is 18.2 Å². The average molecular weight is 339 g/mol. The van der Waals surface area contributed by atoms with Crippen molar-refractivity contribution >= 4 is 16.9 Å². The summed E-state index contributed by atoms with van der Waals surface area (Å²) in [6.45, 7) is 2.25. The van der Waals surface area contributed by atoms with Crippen LogP contribution in [0, 0.1) is 17.7 Å². The molecule has 0 amide bonds. The minimum atomic E-state index is -0.218. The van der Waals surface area contributed by atoms with Crippen LogP contribution in [0.15, 0.2) is 42.1 Å². The molecular weight excluding hydrogens is 317 g/mol. The molecule has 1 aromatic carbocycles. The Bertz CT molecular complexity index is 829. The molecule has 0 spiro atoms. The molecule has 1 aromatic heterocycles. The van der Waals surface area contributed by atoms with Gasteiger partial charge in [-0.05, 0) is 80.2 Å². The number of fused-ring (bicyclic) bond motifs is 2. The van der Waals surface area contributed by atoms with Gasteiger partial charge in [-0.1, -0.05) is 5.57 Å². The quantitative estimate of drug-likeness (QED) is 0.597. The van der Waals surface area contributed by atoms with Gasteiger partial charge < -0.3 is 4.74 Å². The van der Waals surface area contributed by atoms with Crippen molar-refractivity contribution in [2.24, 2.45) is 11.8 Å². The maximum atomic E-state index is 13.7. The maximum Gasteiger partial charge on any atom is 0.330 e. The molecule has 0 radical (unpaired) electrons. The van der Waals surface area contributed by atoms with Crippen LogP contribution in [0.1, 0.15) is 44.1 Å². The first-order valence-corrected chi connectivity index (χ1v) is 9.04. The molecule has 130 valence electrons. The van der Waals surface area contributed by atoms with Crippen LogP contribution in [0.5, 0.6) is 0 Å². The summed E-state index contributed by atoms with van der Waals surface area (Å²) in [4.78, 5) is 16.0. The van der Waals surface area contributed by atoms with Crippen molar-refractivity contribution in [3.05, 3.63) is 53.5 Å². The molecular formula is C21H22FNO2. The third-order valence-corrected chi connectivity index (χ3v) is 5.68. The topological polar surface area (TPSA) is 39.2 Å². The lowest BCUT2D eigenvalue weighted by molar-refractivity contribution is -0.137. The van der Waals surface area contributed by atoms with Crippen molar-refractivity contribution in [1.82, 2.24) is 4.98 Å². The number of pyridine rings is 1. The van der Waals surface area contributed by atoms with E-state index in [1.807, 2.05) is 19.2 Å². The highest BCUT2D eigenvalue weighted by Crippen LogP contribution is 2.53. The molecule has 3 atom stereocenters. The molecule has 4 heteroatoms. The summed E-state index contributed by atoms with van der Waals surface area (Å²) in [6, 6.07) is 6.87. The fourth-order valence-corrected chi connectivity index (χ4v) is 4.69. The van der Waals surface area contributed by atoms with Crippen LogP contribution in [-0.2, 0) is 9.53 Å². The first-order chi connectivity index (χ1) is 12.1. The fraction of sp³-hybridized carbons (Fsp3) is 0.429. The number of esters is 1. The zero-order valence-electron chi connectivity index (χ0n) is 14.4. The number of halogens is 1.